The van der Waals surface area contributed by atoms with Crippen LogP contribution in [0.1, 0.15) is 88.6 Å². The average molecular weight is 819 g/mol. The van der Waals surface area contributed by atoms with Gasteiger partial charge in [0.05, 0.1) is 50.1 Å². The number of likely N-dealkylation sites (tertiary alicyclic amines) is 2. The van der Waals surface area contributed by atoms with E-state index >= 15 is 0 Å². The highest BCUT2D eigenvalue weighted by molar-refractivity contribution is 5.87. The third-order valence-corrected chi connectivity index (χ3v) is 11.8. The number of aromatic amines is 2. The van der Waals surface area contributed by atoms with Crippen LogP contribution >= 0.6 is 0 Å². The molecule has 3 aliphatic heterocycles. The molecular formula is C45H54N8O7. The second-order valence-corrected chi connectivity index (χ2v) is 15.9. The zero-order chi connectivity index (χ0) is 42.3. The number of H-pyrrole nitrogens is 2. The lowest BCUT2D eigenvalue weighted by Crippen LogP contribution is -2.53. The zero-order valence-electron chi connectivity index (χ0n) is 34.9. The second kappa shape index (κ2) is 18.8. The molecule has 0 saturated carbocycles. The highest BCUT2D eigenvalue weighted by Crippen LogP contribution is 2.36. The Labute approximate surface area is 350 Å². The number of benzene rings is 2. The molecule has 15 heteroatoms. The molecule has 1 unspecified atom stereocenters. The van der Waals surface area contributed by atoms with E-state index in [0.717, 1.165) is 64.9 Å². The highest BCUT2D eigenvalue weighted by atomic mass is 16.5. The minimum atomic E-state index is -0.707. The quantitative estimate of drug-likeness (QED) is 0.125. The lowest BCUT2D eigenvalue weighted by atomic mass is 9.90. The number of hydrogen-bond donors (Lipinski definition) is 4. The van der Waals surface area contributed by atoms with Gasteiger partial charge in [0.15, 0.2) is 0 Å². The molecule has 2 aromatic carbocycles. The SMILES string of the molecule is CC#Cc1cc(-c2cnc([C@@H]3CCCN3C(=O)C(NC(=O)OC)C(C)C)[nH]2)ccc1-c1ccc(-c2cnc([C@@H]3CCCN3C(=O)[C@@H](NC(=O)OC)C3CCOCC3)[nH]2)cc1. The molecule has 316 valence electrons. The molecule has 4 aromatic rings. The Hall–Kier alpha value is -6.14. The van der Waals surface area contributed by atoms with Crippen LogP contribution in [-0.2, 0) is 23.8 Å². The van der Waals surface area contributed by atoms with Crippen LogP contribution in [0, 0.1) is 23.7 Å². The summed E-state index contributed by atoms with van der Waals surface area (Å²) in [5.74, 6) is 7.32. The third kappa shape index (κ3) is 9.03. The minimum Gasteiger partial charge on any atom is -0.453 e. The van der Waals surface area contributed by atoms with Crippen molar-refractivity contribution >= 4 is 24.0 Å². The summed E-state index contributed by atoms with van der Waals surface area (Å²) < 4.78 is 15.2. The van der Waals surface area contributed by atoms with Crippen molar-refractivity contribution in [3.05, 3.63) is 72.1 Å². The normalized spacial score (nSPS) is 19.0. The maximum absolute atomic E-state index is 14.0. The second-order valence-electron chi connectivity index (χ2n) is 15.9. The third-order valence-electron chi connectivity index (χ3n) is 11.8. The summed E-state index contributed by atoms with van der Waals surface area (Å²) in [6.07, 6.45) is 6.90. The summed E-state index contributed by atoms with van der Waals surface area (Å²) in [4.78, 5) is 72.0. The van der Waals surface area contributed by atoms with Crippen LogP contribution in [0.3, 0.4) is 0 Å². The number of rotatable bonds is 11. The molecule has 3 aliphatic rings. The van der Waals surface area contributed by atoms with Crippen molar-refractivity contribution in [1.29, 1.82) is 0 Å². The smallest absolute Gasteiger partial charge is 0.407 e. The molecule has 5 heterocycles. The first-order valence-corrected chi connectivity index (χ1v) is 20.8. The van der Waals surface area contributed by atoms with E-state index in [1.807, 2.05) is 49.9 Å². The van der Waals surface area contributed by atoms with Gasteiger partial charge in [0, 0.05) is 37.4 Å². The van der Waals surface area contributed by atoms with E-state index in [-0.39, 0.29) is 35.7 Å². The Morgan fingerprint density at radius 3 is 1.90 bits per heavy atom. The summed E-state index contributed by atoms with van der Waals surface area (Å²) in [7, 11) is 2.59. The van der Waals surface area contributed by atoms with Crippen LogP contribution in [0.4, 0.5) is 9.59 Å². The molecule has 2 aromatic heterocycles. The molecular weight excluding hydrogens is 765 g/mol. The number of carbonyl (C=O) groups is 4. The molecule has 0 spiro atoms. The van der Waals surface area contributed by atoms with Crippen molar-refractivity contribution < 1.29 is 33.4 Å². The van der Waals surface area contributed by atoms with Crippen LogP contribution in [0.25, 0.3) is 33.6 Å². The number of imidazole rings is 2. The van der Waals surface area contributed by atoms with Crippen molar-refractivity contribution in [3.63, 3.8) is 0 Å². The van der Waals surface area contributed by atoms with Crippen LogP contribution in [-0.4, -0.2) is 106 Å². The van der Waals surface area contributed by atoms with Gasteiger partial charge in [-0.15, -0.1) is 5.92 Å². The van der Waals surface area contributed by atoms with Crippen molar-refractivity contribution in [2.24, 2.45) is 11.8 Å². The number of methoxy groups -OCH3 is 2. The number of nitrogens with zero attached hydrogens (tertiary/aromatic N) is 4. The minimum absolute atomic E-state index is 0.0369. The molecule has 15 nitrogen and oxygen atoms in total. The predicted octanol–water partition coefficient (Wildman–Crippen LogP) is 6.36. The van der Waals surface area contributed by atoms with Crippen LogP contribution < -0.4 is 10.6 Å². The van der Waals surface area contributed by atoms with Crippen molar-refractivity contribution in [2.45, 2.75) is 83.5 Å². The number of amides is 4. The van der Waals surface area contributed by atoms with Gasteiger partial charge in [0.2, 0.25) is 11.8 Å². The Morgan fingerprint density at radius 2 is 1.32 bits per heavy atom. The van der Waals surface area contributed by atoms with E-state index in [1.54, 1.807) is 17.3 Å². The fourth-order valence-electron chi connectivity index (χ4n) is 8.64. The number of ether oxygens (including phenoxy) is 3. The Balaban J connectivity index is 1.06. The van der Waals surface area contributed by atoms with Crippen molar-refractivity contribution in [2.75, 3.05) is 40.5 Å². The van der Waals surface area contributed by atoms with Crippen molar-refractivity contribution in [1.82, 2.24) is 40.4 Å². The monoisotopic (exact) mass is 818 g/mol. The van der Waals surface area contributed by atoms with Crippen LogP contribution in [0.5, 0.6) is 0 Å². The first-order chi connectivity index (χ1) is 29.1. The molecule has 0 aliphatic carbocycles. The van der Waals surface area contributed by atoms with Gasteiger partial charge in [-0.2, -0.15) is 0 Å². The molecule has 4 N–H and O–H groups in total. The zero-order valence-corrected chi connectivity index (χ0v) is 34.9. The van der Waals surface area contributed by atoms with Gasteiger partial charge in [0.25, 0.3) is 0 Å². The van der Waals surface area contributed by atoms with Gasteiger partial charge in [-0.1, -0.05) is 56.2 Å². The van der Waals surface area contributed by atoms with Crippen molar-refractivity contribution in [3.8, 4) is 45.5 Å². The van der Waals surface area contributed by atoms with E-state index in [9.17, 15) is 19.2 Å². The molecule has 7 rings (SSSR count). The van der Waals surface area contributed by atoms with E-state index in [1.165, 1.54) is 14.2 Å². The molecule has 4 atom stereocenters. The summed E-state index contributed by atoms with van der Waals surface area (Å²) in [6, 6.07) is 12.5. The number of aromatic nitrogens is 4. The van der Waals surface area contributed by atoms with Gasteiger partial charge in [-0.25, -0.2) is 19.6 Å². The topological polar surface area (TPSA) is 184 Å². The van der Waals surface area contributed by atoms with E-state index in [4.69, 9.17) is 24.2 Å². The molecule has 0 bridgehead atoms. The Morgan fingerprint density at radius 1 is 0.767 bits per heavy atom. The summed E-state index contributed by atoms with van der Waals surface area (Å²) in [5.41, 5.74) is 6.36. The van der Waals surface area contributed by atoms with E-state index in [2.05, 4.69) is 50.6 Å². The fraction of sp³-hybridized carbons (Fsp3) is 0.467. The van der Waals surface area contributed by atoms with Gasteiger partial charge in [-0.3, -0.25) is 9.59 Å². The van der Waals surface area contributed by atoms with E-state index in [0.29, 0.717) is 50.8 Å². The molecule has 3 saturated heterocycles. The summed E-state index contributed by atoms with van der Waals surface area (Å²) in [5, 5.41) is 5.51. The molecule has 0 radical (unpaired) electrons. The fourth-order valence-corrected chi connectivity index (χ4v) is 8.64. The maximum atomic E-state index is 14.0. The number of alkyl carbamates (subject to hydrolysis) is 2. The highest BCUT2D eigenvalue weighted by Gasteiger charge is 2.40. The Kier molecular flexibility index (Phi) is 13.2. The Bertz CT molecular complexity index is 2230. The van der Waals surface area contributed by atoms with Crippen LogP contribution in [0.15, 0.2) is 54.9 Å². The lowest BCUT2D eigenvalue weighted by molar-refractivity contribution is -0.137. The number of hydrogen-bond acceptors (Lipinski definition) is 9. The molecule has 4 amide bonds. The number of nitrogens with one attached hydrogen (secondary N) is 4. The standard InChI is InChI=1S/C45H54N8O7/c1-6-9-31-24-32(35-26-47-41(49-35)36-10-7-20-52(36)42(54)38(27(2)3)50-44(56)58-4)16-17-33(31)28-12-14-29(15-13-28)34-25-46-40(48-34)37-11-8-21-53(37)43(55)39(51-45(57)59-5)30-18-22-60-23-19-30/h12-17,24-27,30,36-39H,7-8,10-11,18-23H2,1-5H3,(H,46,48)(H,47,49)(H,50,56)(H,51,57)/t36-,37-,38?,39-/m0/s1. The van der Waals surface area contributed by atoms with Gasteiger partial charge < -0.3 is 44.6 Å². The first-order valence-electron chi connectivity index (χ1n) is 20.8. The molecule has 60 heavy (non-hydrogen) atoms. The summed E-state index contributed by atoms with van der Waals surface area (Å²) in [6.45, 7) is 7.87. The van der Waals surface area contributed by atoms with Gasteiger partial charge in [0.1, 0.15) is 23.7 Å². The maximum Gasteiger partial charge on any atom is 0.407 e. The van der Waals surface area contributed by atoms with Crippen LogP contribution in [0.2, 0.25) is 0 Å². The average Bonchev–Trinajstić information content (AvgIpc) is 4.12. The number of carbonyl (C=O) groups excluding carboxylic acids is 4. The largest absolute Gasteiger partial charge is 0.453 e. The van der Waals surface area contributed by atoms with E-state index < -0.39 is 24.3 Å². The van der Waals surface area contributed by atoms with Gasteiger partial charge >= 0.3 is 12.2 Å². The first kappa shape index (κ1) is 42.0. The molecule has 3 fully saturated rings. The summed E-state index contributed by atoms with van der Waals surface area (Å²) >= 11 is 0. The predicted molar refractivity (Wildman–Crippen MR) is 224 cm³/mol. The lowest BCUT2D eigenvalue weighted by Gasteiger charge is -2.34. The van der Waals surface area contributed by atoms with Gasteiger partial charge in [-0.05, 0) is 80.0 Å².